The molecule has 84 valence electrons. The minimum Gasteiger partial charge on any atom is -0.346 e. The van der Waals surface area contributed by atoms with E-state index in [0.717, 1.165) is 16.4 Å². The van der Waals surface area contributed by atoms with Crippen LogP contribution in [-0.2, 0) is 6.54 Å². The van der Waals surface area contributed by atoms with Crippen molar-refractivity contribution in [3.05, 3.63) is 33.5 Å². The van der Waals surface area contributed by atoms with E-state index in [1.165, 1.54) is 11.3 Å². The summed E-state index contributed by atoms with van der Waals surface area (Å²) < 4.78 is 0. The largest absolute Gasteiger partial charge is 0.346 e. The molecule has 0 unspecified atom stereocenters. The Morgan fingerprint density at radius 2 is 2.38 bits per heavy atom. The van der Waals surface area contributed by atoms with Crippen molar-refractivity contribution in [1.29, 1.82) is 0 Å². The molecule has 0 bridgehead atoms. The fraction of sp³-hybridized carbons (Fsp3) is 0.300. The van der Waals surface area contributed by atoms with E-state index in [9.17, 15) is 4.79 Å². The summed E-state index contributed by atoms with van der Waals surface area (Å²) >= 11 is 1.41. The third kappa shape index (κ3) is 2.27. The summed E-state index contributed by atoms with van der Waals surface area (Å²) in [4.78, 5) is 16.7. The van der Waals surface area contributed by atoms with Crippen molar-refractivity contribution >= 4 is 17.2 Å². The molecule has 2 N–H and O–H groups in total. The standard InChI is InChI=1S/C10H12N4OS/c1-6-9(16-7(2)13-6)10(15)11-5-8-3-4-12-14-8/h3-4H,5H2,1-2H3,(H,11,15)(H,12,14). The Labute approximate surface area is 96.9 Å². The Balaban J connectivity index is 2.01. The molecule has 0 saturated heterocycles. The normalized spacial score (nSPS) is 10.4. The van der Waals surface area contributed by atoms with Crippen LogP contribution in [0.2, 0.25) is 0 Å². The van der Waals surface area contributed by atoms with Crippen LogP contribution in [0.25, 0.3) is 0 Å². The zero-order valence-electron chi connectivity index (χ0n) is 9.07. The maximum Gasteiger partial charge on any atom is 0.263 e. The van der Waals surface area contributed by atoms with E-state index >= 15 is 0 Å². The molecule has 0 fully saturated rings. The Morgan fingerprint density at radius 3 is 2.94 bits per heavy atom. The van der Waals surface area contributed by atoms with Crippen molar-refractivity contribution in [2.75, 3.05) is 0 Å². The van der Waals surface area contributed by atoms with Gasteiger partial charge in [-0.1, -0.05) is 0 Å². The van der Waals surface area contributed by atoms with Crippen molar-refractivity contribution in [3.63, 3.8) is 0 Å². The number of hydrogen-bond acceptors (Lipinski definition) is 4. The Morgan fingerprint density at radius 1 is 1.56 bits per heavy atom. The van der Waals surface area contributed by atoms with Gasteiger partial charge in [0.15, 0.2) is 0 Å². The van der Waals surface area contributed by atoms with E-state index < -0.39 is 0 Å². The molecule has 0 aromatic carbocycles. The van der Waals surface area contributed by atoms with Crippen molar-refractivity contribution in [3.8, 4) is 0 Å². The number of nitrogens with one attached hydrogen (secondary N) is 2. The van der Waals surface area contributed by atoms with Gasteiger partial charge in [0, 0.05) is 6.20 Å². The summed E-state index contributed by atoms with van der Waals surface area (Å²) in [6.45, 7) is 4.19. The molecular formula is C10H12N4OS. The number of rotatable bonds is 3. The molecule has 0 spiro atoms. The first-order chi connectivity index (χ1) is 7.66. The number of carbonyl (C=O) groups excluding carboxylic acids is 1. The minimum absolute atomic E-state index is 0.0855. The van der Waals surface area contributed by atoms with Gasteiger partial charge in [-0.2, -0.15) is 5.10 Å². The first-order valence-corrected chi connectivity index (χ1v) is 5.69. The minimum atomic E-state index is -0.0855. The van der Waals surface area contributed by atoms with Crippen molar-refractivity contribution in [2.45, 2.75) is 20.4 Å². The van der Waals surface area contributed by atoms with Crippen molar-refractivity contribution < 1.29 is 4.79 Å². The lowest BCUT2D eigenvalue weighted by atomic mass is 10.3. The topological polar surface area (TPSA) is 70.7 Å². The SMILES string of the molecule is Cc1nc(C)c(C(=O)NCc2ccn[nH]2)s1. The summed E-state index contributed by atoms with van der Waals surface area (Å²) in [5.41, 5.74) is 1.66. The number of carbonyl (C=O) groups is 1. The highest BCUT2D eigenvalue weighted by Crippen LogP contribution is 2.16. The zero-order valence-corrected chi connectivity index (χ0v) is 9.89. The van der Waals surface area contributed by atoms with Gasteiger partial charge in [-0.15, -0.1) is 11.3 Å². The van der Waals surface area contributed by atoms with Gasteiger partial charge in [0.05, 0.1) is 22.9 Å². The Hall–Kier alpha value is -1.69. The molecule has 0 aliphatic rings. The molecule has 2 heterocycles. The molecule has 0 saturated carbocycles. The fourth-order valence-corrected chi connectivity index (χ4v) is 2.22. The van der Waals surface area contributed by atoms with Crippen LogP contribution in [0.5, 0.6) is 0 Å². The summed E-state index contributed by atoms with van der Waals surface area (Å²) in [5, 5.41) is 10.3. The molecule has 0 radical (unpaired) electrons. The number of aromatic nitrogens is 3. The Bertz CT molecular complexity index is 489. The fourth-order valence-electron chi connectivity index (χ4n) is 1.38. The van der Waals surface area contributed by atoms with Gasteiger partial charge in [-0.25, -0.2) is 4.98 Å². The van der Waals surface area contributed by atoms with Gasteiger partial charge in [-0.3, -0.25) is 9.89 Å². The molecule has 1 amide bonds. The number of aromatic amines is 1. The third-order valence-electron chi connectivity index (χ3n) is 2.11. The number of thiazole rings is 1. The highest BCUT2D eigenvalue weighted by atomic mass is 32.1. The summed E-state index contributed by atoms with van der Waals surface area (Å²) in [6.07, 6.45) is 1.66. The van der Waals surface area contributed by atoms with Gasteiger partial charge in [-0.05, 0) is 19.9 Å². The summed E-state index contributed by atoms with van der Waals surface area (Å²) in [5.74, 6) is -0.0855. The number of amides is 1. The molecule has 6 heteroatoms. The lowest BCUT2D eigenvalue weighted by molar-refractivity contribution is 0.0953. The molecule has 0 aliphatic heterocycles. The molecule has 2 aromatic heterocycles. The van der Waals surface area contributed by atoms with Crippen molar-refractivity contribution in [2.24, 2.45) is 0 Å². The van der Waals surface area contributed by atoms with Gasteiger partial charge in [0.1, 0.15) is 4.88 Å². The lowest BCUT2D eigenvalue weighted by Gasteiger charge is -2.01. The highest BCUT2D eigenvalue weighted by Gasteiger charge is 2.13. The second-order valence-electron chi connectivity index (χ2n) is 3.41. The van der Waals surface area contributed by atoms with Crippen LogP contribution in [0.3, 0.4) is 0 Å². The van der Waals surface area contributed by atoms with Crippen LogP contribution in [0.1, 0.15) is 26.1 Å². The van der Waals surface area contributed by atoms with Crippen LogP contribution in [0.15, 0.2) is 12.3 Å². The van der Waals surface area contributed by atoms with Crippen LogP contribution in [0.4, 0.5) is 0 Å². The average Bonchev–Trinajstić information content (AvgIpc) is 2.84. The molecule has 2 aromatic rings. The van der Waals surface area contributed by atoms with E-state index in [-0.39, 0.29) is 5.91 Å². The van der Waals surface area contributed by atoms with Gasteiger partial charge in [0.2, 0.25) is 0 Å². The Kier molecular flexibility index (Phi) is 3.00. The number of hydrogen-bond donors (Lipinski definition) is 2. The molecule has 16 heavy (non-hydrogen) atoms. The van der Waals surface area contributed by atoms with Gasteiger partial charge in [0.25, 0.3) is 5.91 Å². The molecule has 0 aliphatic carbocycles. The van der Waals surface area contributed by atoms with Crippen LogP contribution < -0.4 is 5.32 Å². The second kappa shape index (κ2) is 4.44. The lowest BCUT2D eigenvalue weighted by Crippen LogP contribution is -2.22. The smallest absolute Gasteiger partial charge is 0.263 e. The number of H-pyrrole nitrogens is 1. The monoisotopic (exact) mass is 236 g/mol. The average molecular weight is 236 g/mol. The maximum absolute atomic E-state index is 11.8. The van der Waals surface area contributed by atoms with Gasteiger partial charge < -0.3 is 5.32 Å². The predicted molar refractivity (Wildman–Crippen MR) is 61.3 cm³/mol. The molecular weight excluding hydrogens is 224 g/mol. The zero-order chi connectivity index (χ0) is 11.5. The highest BCUT2D eigenvalue weighted by molar-refractivity contribution is 7.13. The summed E-state index contributed by atoms with van der Waals surface area (Å²) in [7, 11) is 0. The first-order valence-electron chi connectivity index (χ1n) is 4.87. The number of aryl methyl sites for hydroxylation is 2. The predicted octanol–water partition coefficient (Wildman–Crippen LogP) is 1.41. The molecule has 5 nitrogen and oxygen atoms in total. The maximum atomic E-state index is 11.8. The molecule has 0 atom stereocenters. The van der Waals surface area contributed by atoms with E-state index in [1.54, 1.807) is 6.20 Å². The van der Waals surface area contributed by atoms with Crippen molar-refractivity contribution in [1.82, 2.24) is 20.5 Å². The first kappa shape index (κ1) is 10.8. The van der Waals surface area contributed by atoms with E-state index in [1.807, 2.05) is 19.9 Å². The van der Waals surface area contributed by atoms with Crippen LogP contribution >= 0.6 is 11.3 Å². The van der Waals surface area contributed by atoms with E-state index in [4.69, 9.17) is 0 Å². The quantitative estimate of drug-likeness (QED) is 0.846. The van der Waals surface area contributed by atoms with E-state index in [0.29, 0.717) is 11.4 Å². The summed E-state index contributed by atoms with van der Waals surface area (Å²) in [6, 6.07) is 1.82. The van der Waals surface area contributed by atoms with Gasteiger partial charge >= 0.3 is 0 Å². The van der Waals surface area contributed by atoms with Crippen LogP contribution in [-0.4, -0.2) is 21.1 Å². The third-order valence-corrected chi connectivity index (χ3v) is 3.18. The second-order valence-corrected chi connectivity index (χ2v) is 4.62. The number of nitrogens with zero attached hydrogens (tertiary/aromatic N) is 2. The molecule has 2 rings (SSSR count). The van der Waals surface area contributed by atoms with Crippen LogP contribution in [0, 0.1) is 13.8 Å². The van der Waals surface area contributed by atoms with E-state index in [2.05, 4.69) is 20.5 Å².